The smallest absolute Gasteiger partial charge is 0.248 e. The lowest BCUT2D eigenvalue weighted by molar-refractivity contribution is -0.119. The van der Waals surface area contributed by atoms with Crippen LogP contribution in [0.5, 0.6) is 0 Å². The van der Waals surface area contributed by atoms with Crippen molar-refractivity contribution < 1.29 is 9.59 Å². The van der Waals surface area contributed by atoms with Gasteiger partial charge in [-0.3, -0.25) is 9.59 Å². The van der Waals surface area contributed by atoms with E-state index in [1.165, 1.54) is 0 Å². The third-order valence-corrected chi connectivity index (χ3v) is 2.63. The van der Waals surface area contributed by atoms with Gasteiger partial charge in [-0.2, -0.15) is 0 Å². The van der Waals surface area contributed by atoms with Crippen LogP contribution in [-0.4, -0.2) is 17.4 Å². The van der Waals surface area contributed by atoms with Crippen LogP contribution in [0, 0.1) is 0 Å². The fourth-order valence-electron chi connectivity index (χ4n) is 1.63. The van der Waals surface area contributed by atoms with E-state index in [2.05, 4.69) is 5.32 Å². The normalized spacial score (nSPS) is 11.2. The number of benzene rings is 1. The first-order valence-electron chi connectivity index (χ1n) is 5.72. The van der Waals surface area contributed by atoms with Gasteiger partial charge < -0.3 is 16.8 Å². The minimum absolute atomic E-state index is 0.270. The Labute approximate surface area is 107 Å². The molecule has 0 spiro atoms. The summed E-state index contributed by atoms with van der Waals surface area (Å²) in [6.07, 6.45) is 0.270. The quantitative estimate of drug-likeness (QED) is 0.685. The number of nitrogens with two attached hydrogens (primary N) is 2. The third kappa shape index (κ3) is 4.55. The van der Waals surface area contributed by atoms with E-state index in [9.17, 15) is 9.59 Å². The highest BCUT2D eigenvalue weighted by atomic mass is 16.1. The summed E-state index contributed by atoms with van der Waals surface area (Å²) in [5.41, 5.74) is 11.5. The zero-order valence-electron chi connectivity index (χ0n) is 10.7. The number of nitrogens with one attached hydrogen (secondary N) is 1. The average molecular weight is 249 g/mol. The van der Waals surface area contributed by atoms with Crippen molar-refractivity contribution in [2.24, 2.45) is 11.5 Å². The summed E-state index contributed by atoms with van der Waals surface area (Å²) in [7, 11) is 0. The Balaban J connectivity index is 2.58. The highest BCUT2D eigenvalue weighted by Crippen LogP contribution is 2.10. The van der Waals surface area contributed by atoms with Crippen molar-refractivity contribution in [1.29, 1.82) is 0 Å². The van der Waals surface area contributed by atoms with Gasteiger partial charge in [0.2, 0.25) is 11.8 Å². The highest BCUT2D eigenvalue weighted by Gasteiger charge is 2.19. The minimum atomic E-state index is -0.441. The Morgan fingerprint density at radius 2 is 1.72 bits per heavy atom. The molecule has 0 saturated heterocycles. The zero-order valence-corrected chi connectivity index (χ0v) is 10.7. The lowest BCUT2D eigenvalue weighted by atomic mass is 9.99. The van der Waals surface area contributed by atoms with Gasteiger partial charge in [0, 0.05) is 24.1 Å². The molecule has 5 N–H and O–H groups in total. The number of primary amides is 2. The summed E-state index contributed by atoms with van der Waals surface area (Å²) >= 11 is 0. The number of carbonyl (C=O) groups excluding carboxylic acids is 2. The van der Waals surface area contributed by atoms with Crippen LogP contribution in [0.1, 0.15) is 36.2 Å². The van der Waals surface area contributed by atoms with Gasteiger partial charge in [-0.05, 0) is 31.5 Å². The van der Waals surface area contributed by atoms with Crippen LogP contribution in [0.2, 0.25) is 0 Å². The molecule has 0 aliphatic rings. The van der Waals surface area contributed by atoms with Crippen LogP contribution in [0.15, 0.2) is 24.3 Å². The molecule has 2 amide bonds. The van der Waals surface area contributed by atoms with E-state index >= 15 is 0 Å². The Kier molecular flexibility index (Phi) is 4.44. The first kappa shape index (κ1) is 14.2. The van der Waals surface area contributed by atoms with Crippen molar-refractivity contribution in [3.8, 4) is 0 Å². The van der Waals surface area contributed by atoms with Crippen LogP contribution < -0.4 is 16.8 Å². The van der Waals surface area contributed by atoms with Crippen LogP contribution in [0.3, 0.4) is 0 Å². The van der Waals surface area contributed by atoms with Crippen molar-refractivity contribution in [3.63, 3.8) is 0 Å². The molecule has 1 rings (SSSR count). The number of rotatable bonds is 6. The molecule has 0 heterocycles. The predicted molar refractivity (Wildman–Crippen MR) is 69.7 cm³/mol. The van der Waals surface area contributed by atoms with E-state index in [1.54, 1.807) is 12.1 Å². The van der Waals surface area contributed by atoms with Crippen molar-refractivity contribution in [1.82, 2.24) is 5.32 Å². The zero-order chi connectivity index (χ0) is 13.8. The molecule has 0 saturated carbocycles. The fourth-order valence-corrected chi connectivity index (χ4v) is 1.63. The molecular formula is C13H19N3O2. The number of hydrogen-bond donors (Lipinski definition) is 3. The molecule has 0 aromatic heterocycles. The average Bonchev–Trinajstić information content (AvgIpc) is 2.25. The van der Waals surface area contributed by atoms with Gasteiger partial charge in [-0.15, -0.1) is 0 Å². The Morgan fingerprint density at radius 3 is 2.17 bits per heavy atom. The van der Waals surface area contributed by atoms with Gasteiger partial charge in [0.15, 0.2) is 0 Å². The minimum Gasteiger partial charge on any atom is -0.370 e. The SMILES string of the molecule is CC(C)(CC(N)=O)NCc1ccc(C(N)=O)cc1. The van der Waals surface area contributed by atoms with Crippen LogP contribution in [-0.2, 0) is 11.3 Å². The van der Waals surface area contributed by atoms with E-state index in [0.29, 0.717) is 12.1 Å². The molecular weight excluding hydrogens is 230 g/mol. The molecule has 0 unspecified atom stereocenters. The summed E-state index contributed by atoms with van der Waals surface area (Å²) in [5, 5.41) is 3.24. The van der Waals surface area contributed by atoms with Crippen molar-refractivity contribution in [2.75, 3.05) is 0 Å². The molecule has 1 aromatic rings. The second-order valence-electron chi connectivity index (χ2n) is 4.94. The standard InChI is InChI=1S/C13H19N3O2/c1-13(2,7-11(14)17)16-8-9-3-5-10(6-4-9)12(15)18/h3-6,16H,7-8H2,1-2H3,(H2,14,17)(H2,15,18). The van der Waals surface area contributed by atoms with Crippen LogP contribution >= 0.6 is 0 Å². The van der Waals surface area contributed by atoms with Gasteiger partial charge in [-0.25, -0.2) is 0 Å². The second-order valence-corrected chi connectivity index (χ2v) is 4.94. The summed E-state index contributed by atoms with van der Waals surface area (Å²) in [5.74, 6) is -0.778. The lowest BCUT2D eigenvalue weighted by Gasteiger charge is -2.24. The van der Waals surface area contributed by atoms with Gasteiger partial charge in [-0.1, -0.05) is 12.1 Å². The molecule has 0 fully saturated rings. The maximum atomic E-state index is 10.9. The van der Waals surface area contributed by atoms with Crippen LogP contribution in [0.25, 0.3) is 0 Å². The van der Waals surface area contributed by atoms with Gasteiger partial charge in [0.25, 0.3) is 0 Å². The highest BCUT2D eigenvalue weighted by molar-refractivity contribution is 5.92. The maximum Gasteiger partial charge on any atom is 0.248 e. The molecule has 18 heavy (non-hydrogen) atoms. The van der Waals surface area contributed by atoms with Crippen molar-refractivity contribution >= 4 is 11.8 Å². The number of amides is 2. The monoisotopic (exact) mass is 249 g/mol. The van der Waals surface area contributed by atoms with Crippen molar-refractivity contribution in [3.05, 3.63) is 35.4 Å². The summed E-state index contributed by atoms with van der Waals surface area (Å²) in [6.45, 7) is 4.42. The predicted octanol–water partition coefficient (Wildman–Crippen LogP) is 0.529. The first-order valence-corrected chi connectivity index (χ1v) is 5.72. The summed E-state index contributed by atoms with van der Waals surface area (Å²) in [4.78, 5) is 21.8. The third-order valence-electron chi connectivity index (χ3n) is 2.63. The number of carbonyl (C=O) groups is 2. The van der Waals surface area contributed by atoms with Gasteiger partial charge in [0.1, 0.15) is 0 Å². The van der Waals surface area contributed by atoms with Gasteiger partial charge >= 0.3 is 0 Å². The van der Waals surface area contributed by atoms with E-state index in [-0.39, 0.29) is 17.9 Å². The van der Waals surface area contributed by atoms with Crippen LogP contribution in [0.4, 0.5) is 0 Å². The molecule has 0 radical (unpaired) electrons. The van der Waals surface area contributed by atoms with E-state index in [4.69, 9.17) is 11.5 Å². The topological polar surface area (TPSA) is 98.2 Å². The molecule has 98 valence electrons. The Morgan fingerprint density at radius 1 is 1.17 bits per heavy atom. The van der Waals surface area contributed by atoms with E-state index in [1.807, 2.05) is 26.0 Å². The molecule has 0 aliphatic carbocycles. The van der Waals surface area contributed by atoms with E-state index < -0.39 is 5.91 Å². The summed E-state index contributed by atoms with van der Waals surface area (Å²) in [6, 6.07) is 7.02. The van der Waals surface area contributed by atoms with Crippen molar-refractivity contribution in [2.45, 2.75) is 32.4 Å². The Bertz CT molecular complexity index is 438. The second kappa shape index (κ2) is 5.64. The molecule has 0 aliphatic heterocycles. The van der Waals surface area contributed by atoms with E-state index in [0.717, 1.165) is 5.56 Å². The fraction of sp³-hybridized carbons (Fsp3) is 0.385. The molecule has 5 heteroatoms. The number of hydrogen-bond acceptors (Lipinski definition) is 3. The molecule has 0 atom stereocenters. The maximum absolute atomic E-state index is 10.9. The molecule has 1 aromatic carbocycles. The largest absolute Gasteiger partial charge is 0.370 e. The summed E-state index contributed by atoms with van der Waals surface area (Å²) < 4.78 is 0. The Hall–Kier alpha value is -1.88. The first-order chi connectivity index (χ1) is 8.30. The molecule has 5 nitrogen and oxygen atoms in total. The van der Waals surface area contributed by atoms with Gasteiger partial charge in [0.05, 0.1) is 0 Å². The lowest BCUT2D eigenvalue weighted by Crippen LogP contribution is -2.42. The molecule has 0 bridgehead atoms.